The van der Waals surface area contributed by atoms with Crippen LogP contribution in [0.2, 0.25) is 0 Å². The third-order valence-corrected chi connectivity index (χ3v) is 9.52. The SMILES string of the molecule is CC1=CC2c3ccccc3C=C(C3(C)c4cccc(C)c4-c4cccn4C3(C)C)N2C=C1c1ccccc1. The predicted octanol–water partition coefficient (Wildman–Crippen LogP) is 8.87. The van der Waals surface area contributed by atoms with Gasteiger partial charge in [-0.25, -0.2) is 0 Å². The Morgan fingerprint density at radius 3 is 2.34 bits per heavy atom. The second kappa shape index (κ2) is 7.98. The minimum atomic E-state index is -0.288. The van der Waals surface area contributed by atoms with Crippen LogP contribution in [-0.2, 0) is 11.0 Å². The van der Waals surface area contributed by atoms with Gasteiger partial charge < -0.3 is 9.47 Å². The van der Waals surface area contributed by atoms with Crippen LogP contribution in [0.15, 0.2) is 115 Å². The molecule has 0 spiro atoms. The lowest BCUT2D eigenvalue weighted by Crippen LogP contribution is -2.54. The number of allylic oxidation sites excluding steroid dienone is 3. The number of fused-ring (bicyclic) bond motifs is 6. The fraction of sp³-hybridized carbons (Fsp3) is 0.222. The fourth-order valence-corrected chi connectivity index (χ4v) is 7.16. The standard InChI is InChI=1S/C36H34N2/c1-24-13-11-18-30-34(24)31-19-12-20-38(31)35(3,4)36(30,5)33-22-27-16-9-10-17-28(27)32-21-25(2)29(23-37(32)33)26-14-7-6-8-15-26/h6-23,32H,1-5H3. The van der Waals surface area contributed by atoms with Gasteiger partial charge in [0.15, 0.2) is 0 Å². The summed E-state index contributed by atoms with van der Waals surface area (Å²) in [6.45, 7) is 11.8. The van der Waals surface area contributed by atoms with Crippen molar-refractivity contribution in [2.45, 2.75) is 51.6 Å². The van der Waals surface area contributed by atoms with Crippen LogP contribution in [0.4, 0.5) is 0 Å². The zero-order valence-corrected chi connectivity index (χ0v) is 22.9. The van der Waals surface area contributed by atoms with Crippen LogP contribution in [0.1, 0.15) is 61.6 Å². The number of nitrogens with zero attached hydrogens (tertiary/aromatic N) is 2. The average Bonchev–Trinajstić information content (AvgIpc) is 3.42. The van der Waals surface area contributed by atoms with Crippen LogP contribution in [0.3, 0.4) is 0 Å². The summed E-state index contributed by atoms with van der Waals surface area (Å²) < 4.78 is 2.51. The van der Waals surface area contributed by atoms with Crippen molar-refractivity contribution in [2.75, 3.05) is 0 Å². The van der Waals surface area contributed by atoms with E-state index in [1.165, 1.54) is 55.9 Å². The van der Waals surface area contributed by atoms with Crippen molar-refractivity contribution in [3.8, 4) is 11.3 Å². The van der Waals surface area contributed by atoms with Crippen molar-refractivity contribution in [1.82, 2.24) is 9.47 Å². The zero-order chi connectivity index (χ0) is 26.2. The van der Waals surface area contributed by atoms with E-state index >= 15 is 0 Å². The molecule has 4 aromatic rings. The second-order valence-electron chi connectivity index (χ2n) is 11.7. The smallest absolute Gasteiger partial charge is 0.0778 e. The number of benzene rings is 3. The van der Waals surface area contributed by atoms with Gasteiger partial charge in [-0.05, 0) is 86.2 Å². The molecule has 188 valence electrons. The van der Waals surface area contributed by atoms with Gasteiger partial charge in [0.2, 0.25) is 0 Å². The molecule has 0 N–H and O–H groups in total. The summed E-state index contributed by atoms with van der Waals surface area (Å²) in [6.07, 6.45) is 9.61. The Hall–Kier alpha value is -4.04. The van der Waals surface area contributed by atoms with Crippen LogP contribution in [0.25, 0.3) is 22.9 Å². The molecule has 0 bridgehead atoms. The van der Waals surface area contributed by atoms with Crippen molar-refractivity contribution >= 4 is 11.6 Å². The van der Waals surface area contributed by atoms with Gasteiger partial charge in [-0.15, -0.1) is 0 Å². The van der Waals surface area contributed by atoms with Gasteiger partial charge in [-0.2, -0.15) is 0 Å². The molecular formula is C36H34N2. The van der Waals surface area contributed by atoms with Gasteiger partial charge in [0.25, 0.3) is 0 Å². The summed E-state index contributed by atoms with van der Waals surface area (Å²) in [5.74, 6) is 0. The van der Waals surface area contributed by atoms with Crippen LogP contribution in [0.5, 0.6) is 0 Å². The van der Waals surface area contributed by atoms with E-state index in [1.807, 2.05) is 0 Å². The number of rotatable bonds is 2. The summed E-state index contributed by atoms with van der Waals surface area (Å²) in [5.41, 5.74) is 12.8. The first-order valence-corrected chi connectivity index (χ1v) is 13.7. The Labute approximate surface area is 226 Å². The Morgan fingerprint density at radius 1 is 0.763 bits per heavy atom. The molecule has 2 heteroatoms. The van der Waals surface area contributed by atoms with Gasteiger partial charge >= 0.3 is 0 Å². The van der Waals surface area contributed by atoms with E-state index in [4.69, 9.17) is 0 Å². The maximum atomic E-state index is 2.57. The molecule has 4 heterocycles. The highest BCUT2D eigenvalue weighted by Gasteiger charge is 2.54. The molecule has 3 aromatic carbocycles. The number of hydrogen-bond donors (Lipinski definition) is 0. The van der Waals surface area contributed by atoms with E-state index in [0.29, 0.717) is 0 Å². The Morgan fingerprint density at radius 2 is 1.53 bits per heavy atom. The first kappa shape index (κ1) is 23.1. The van der Waals surface area contributed by atoms with Gasteiger partial charge in [0, 0.05) is 34.9 Å². The van der Waals surface area contributed by atoms with Crippen molar-refractivity contribution in [2.24, 2.45) is 0 Å². The third-order valence-electron chi connectivity index (χ3n) is 9.52. The van der Waals surface area contributed by atoms with Crippen molar-refractivity contribution in [1.29, 1.82) is 0 Å². The monoisotopic (exact) mass is 494 g/mol. The molecule has 3 aliphatic rings. The summed E-state index contributed by atoms with van der Waals surface area (Å²) >= 11 is 0. The molecule has 1 aromatic heterocycles. The molecule has 2 atom stereocenters. The maximum Gasteiger partial charge on any atom is 0.0778 e. The predicted molar refractivity (Wildman–Crippen MR) is 158 cm³/mol. The molecule has 2 unspecified atom stereocenters. The highest BCUT2D eigenvalue weighted by atomic mass is 15.2. The summed E-state index contributed by atoms with van der Waals surface area (Å²) in [7, 11) is 0. The minimum absolute atomic E-state index is 0.158. The highest BCUT2D eigenvalue weighted by Crippen LogP contribution is 2.58. The topological polar surface area (TPSA) is 8.17 Å². The lowest BCUT2D eigenvalue weighted by molar-refractivity contribution is 0.171. The van der Waals surface area contributed by atoms with E-state index in [1.54, 1.807) is 0 Å². The molecule has 0 amide bonds. The molecule has 0 aliphatic carbocycles. The van der Waals surface area contributed by atoms with E-state index in [0.717, 1.165) is 0 Å². The van der Waals surface area contributed by atoms with Gasteiger partial charge in [-0.1, -0.05) is 78.9 Å². The van der Waals surface area contributed by atoms with Gasteiger partial charge in [0.05, 0.1) is 17.0 Å². The zero-order valence-electron chi connectivity index (χ0n) is 22.9. The molecule has 0 radical (unpaired) electrons. The highest BCUT2D eigenvalue weighted by molar-refractivity contribution is 5.82. The largest absolute Gasteiger partial charge is 0.341 e. The van der Waals surface area contributed by atoms with Crippen molar-refractivity contribution < 1.29 is 0 Å². The van der Waals surface area contributed by atoms with Crippen LogP contribution < -0.4 is 0 Å². The number of hydrogen-bond acceptors (Lipinski definition) is 1. The number of aromatic nitrogens is 1. The Kier molecular flexibility index (Phi) is 4.85. The van der Waals surface area contributed by atoms with E-state index < -0.39 is 0 Å². The lowest BCUT2D eigenvalue weighted by atomic mass is 9.60. The quantitative estimate of drug-likeness (QED) is 0.270. The molecule has 7 rings (SSSR count). The second-order valence-corrected chi connectivity index (χ2v) is 11.7. The normalized spacial score (nSPS) is 22.8. The third kappa shape index (κ3) is 2.95. The van der Waals surface area contributed by atoms with Crippen LogP contribution in [-0.4, -0.2) is 9.47 Å². The molecule has 2 nitrogen and oxygen atoms in total. The Bertz CT molecular complexity index is 1680. The van der Waals surface area contributed by atoms with E-state index in [2.05, 4.69) is 154 Å². The molecular weight excluding hydrogens is 460 g/mol. The van der Waals surface area contributed by atoms with E-state index in [-0.39, 0.29) is 17.0 Å². The van der Waals surface area contributed by atoms with E-state index in [9.17, 15) is 0 Å². The van der Waals surface area contributed by atoms with Gasteiger partial charge in [-0.3, -0.25) is 0 Å². The first-order valence-electron chi connectivity index (χ1n) is 13.7. The van der Waals surface area contributed by atoms with Crippen molar-refractivity contribution in [3.63, 3.8) is 0 Å². The average molecular weight is 495 g/mol. The summed E-state index contributed by atoms with van der Waals surface area (Å²) in [6, 6.07) is 31.2. The van der Waals surface area contributed by atoms with Crippen molar-refractivity contribution in [3.05, 3.63) is 142 Å². The van der Waals surface area contributed by atoms with Gasteiger partial charge in [0.1, 0.15) is 0 Å². The van der Waals surface area contributed by atoms with Crippen LogP contribution >= 0.6 is 0 Å². The molecule has 0 fully saturated rings. The number of aryl methyl sites for hydroxylation is 1. The first-order chi connectivity index (χ1) is 18.3. The lowest BCUT2D eigenvalue weighted by Gasteiger charge is -2.56. The van der Waals surface area contributed by atoms with Crippen LogP contribution in [0, 0.1) is 6.92 Å². The molecule has 0 saturated carbocycles. The summed E-state index contributed by atoms with van der Waals surface area (Å²) in [4.78, 5) is 2.57. The fourth-order valence-electron chi connectivity index (χ4n) is 7.16. The summed E-state index contributed by atoms with van der Waals surface area (Å²) in [5, 5.41) is 0. The molecule has 0 saturated heterocycles. The molecule has 3 aliphatic heterocycles. The molecule has 38 heavy (non-hydrogen) atoms. The minimum Gasteiger partial charge on any atom is -0.341 e. The Balaban J connectivity index is 1.53. The maximum absolute atomic E-state index is 2.57.